The summed E-state index contributed by atoms with van der Waals surface area (Å²) in [7, 11) is 1.50. The highest BCUT2D eigenvalue weighted by Crippen LogP contribution is 1.99. The first-order valence-corrected chi connectivity index (χ1v) is 4.89. The molecule has 86 valence electrons. The highest BCUT2D eigenvalue weighted by atomic mass is 16.2. The number of Topliss-reactive ketones (excluding diaryl/α,β-unsaturated/α-hetero) is 1. The van der Waals surface area contributed by atoms with Gasteiger partial charge in [-0.1, -0.05) is 0 Å². The summed E-state index contributed by atoms with van der Waals surface area (Å²) < 4.78 is 1.29. The van der Waals surface area contributed by atoms with E-state index in [1.807, 2.05) is 0 Å². The lowest BCUT2D eigenvalue weighted by Crippen LogP contribution is -2.33. The van der Waals surface area contributed by atoms with E-state index in [-0.39, 0.29) is 23.8 Å². The van der Waals surface area contributed by atoms with Gasteiger partial charge < -0.3 is 9.88 Å². The van der Waals surface area contributed by atoms with Crippen molar-refractivity contribution in [1.29, 1.82) is 0 Å². The molecule has 16 heavy (non-hydrogen) atoms. The van der Waals surface area contributed by atoms with Crippen molar-refractivity contribution in [2.45, 2.75) is 20.4 Å². The van der Waals surface area contributed by atoms with Crippen molar-refractivity contribution in [3.8, 4) is 0 Å². The third-order valence-electron chi connectivity index (χ3n) is 2.35. The number of nitrogens with one attached hydrogen (secondary N) is 1. The Kier molecular flexibility index (Phi) is 3.60. The van der Waals surface area contributed by atoms with Crippen molar-refractivity contribution in [2.75, 3.05) is 7.05 Å². The molecule has 0 aromatic carbocycles. The molecule has 1 aromatic heterocycles. The maximum Gasteiger partial charge on any atom is 0.262 e. The van der Waals surface area contributed by atoms with Gasteiger partial charge in [0.1, 0.15) is 6.54 Å². The molecule has 1 N–H and O–H groups in total. The summed E-state index contributed by atoms with van der Waals surface area (Å²) in [5, 5.41) is 2.43. The predicted molar refractivity (Wildman–Crippen MR) is 59.5 cm³/mol. The molecule has 0 spiro atoms. The number of likely N-dealkylation sites (N-methyl/N-ethyl adjacent to an activating group) is 1. The summed E-state index contributed by atoms with van der Waals surface area (Å²) >= 11 is 0. The van der Waals surface area contributed by atoms with Crippen LogP contribution in [0.15, 0.2) is 16.9 Å². The molecule has 5 nitrogen and oxygen atoms in total. The fourth-order valence-corrected chi connectivity index (χ4v) is 1.36. The van der Waals surface area contributed by atoms with Gasteiger partial charge in [0.2, 0.25) is 5.91 Å². The molecular formula is C11H14N2O3. The normalized spacial score (nSPS) is 9.94. The van der Waals surface area contributed by atoms with Gasteiger partial charge in [-0.15, -0.1) is 0 Å². The van der Waals surface area contributed by atoms with Crippen LogP contribution in [0.2, 0.25) is 0 Å². The van der Waals surface area contributed by atoms with Crippen LogP contribution in [0.3, 0.4) is 0 Å². The van der Waals surface area contributed by atoms with Crippen LogP contribution in [-0.4, -0.2) is 23.3 Å². The second kappa shape index (κ2) is 4.74. The van der Waals surface area contributed by atoms with Crippen LogP contribution in [-0.2, 0) is 11.3 Å². The summed E-state index contributed by atoms with van der Waals surface area (Å²) in [5.41, 5.74) is 0.337. The number of rotatable bonds is 3. The Balaban J connectivity index is 3.27. The fourth-order valence-electron chi connectivity index (χ4n) is 1.36. The van der Waals surface area contributed by atoms with Crippen molar-refractivity contribution >= 4 is 11.7 Å². The lowest BCUT2D eigenvalue weighted by atomic mass is 10.2. The van der Waals surface area contributed by atoms with Crippen LogP contribution in [0.25, 0.3) is 0 Å². The number of hydrogen-bond acceptors (Lipinski definition) is 3. The number of ketones is 1. The van der Waals surface area contributed by atoms with Crippen molar-refractivity contribution in [3.05, 3.63) is 33.7 Å². The molecule has 0 saturated heterocycles. The minimum absolute atomic E-state index is 0.0672. The van der Waals surface area contributed by atoms with Gasteiger partial charge in [-0.3, -0.25) is 14.4 Å². The number of carbonyl (C=O) groups is 2. The Morgan fingerprint density at radius 1 is 1.38 bits per heavy atom. The SMILES string of the molecule is CNC(=O)Cn1c(C)ccc(C(C)=O)c1=O. The molecule has 0 radical (unpaired) electrons. The Bertz CT molecular complexity index is 488. The molecule has 5 heteroatoms. The van der Waals surface area contributed by atoms with Crippen LogP contribution in [0.4, 0.5) is 0 Å². The van der Waals surface area contributed by atoms with Crippen molar-refractivity contribution < 1.29 is 9.59 Å². The highest BCUT2D eigenvalue weighted by molar-refractivity contribution is 5.93. The zero-order chi connectivity index (χ0) is 12.3. The van der Waals surface area contributed by atoms with Gasteiger partial charge in [0, 0.05) is 12.7 Å². The first kappa shape index (κ1) is 12.2. The second-order valence-corrected chi connectivity index (χ2v) is 3.51. The van der Waals surface area contributed by atoms with Gasteiger partial charge in [0.15, 0.2) is 5.78 Å². The molecule has 1 amide bonds. The molecule has 0 aliphatic carbocycles. The first-order valence-electron chi connectivity index (χ1n) is 4.89. The minimum Gasteiger partial charge on any atom is -0.358 e. The lowest BCUT2D eigenvalue weighted by Gasteiger charge is -2.09. The molecule has 1 heterocycles. The Labute approximate surface area is 93.1 Å². The van der Waals surface area contributed by atoms with Crippen molar-refractivity contribution in [1.82, 2.24) is 9.88 Å². The summed E-state index contributed by atoms with van der Waals surface area (Å²) in [6.07, 6.45) is 0. The second-order valence-electron chi connectivity index (χ2n) is 3.51. The number of aromatic nitrogens is 1. The monoisotopic (exact) mass is 222 g/mol. The molecule has 0 bridgehead atoms. The highest BCUT2D eigenvalue weighted by Gasteiger charge is 2.11. The number of aryl methyl sites for hydroxylation is 1. The third kappa shape index (κ3) is 2.36. The van der Waals surface area contributed by atoms with E-state index >= 15 is 0 Å². The van der Waals surface area contributed by atoms with E-state index in [0.29, 0.717) is 5.69 Å². The van der Waals surface area contributed by atoms with Crippen molar-refractivity contribution in [2.24, 2.45) is 0 Å². The molecule has 0 aliphatic heterocycles. The van der Waals surface area contributed by atoms with Crippen molar-refractivity contribution in [3.63, 3.8) is 0 Å². The van der Waals surface area contributed by atoms with E-state index in [1.165, 1.54) is 24.6 Å². The first-order chi connectivity index (χ1) is 7.47. The van der Waals surface area contributed by atoms with Gasteiger partial charge in [-0.25, -0.2) is 0 Å². The average Bonchev–Trinajstić information content (AvgIpc) is 2.23. The third-order valence-corrected chi connectivity index (χ3v) is 2.35. The number of carbonyl (C=O) groups excluding carboxylic acids is 2. The Morgan fingerprint density at radius 3 is 2.50 bits per heavy atom. The number of nitrogens with zero attached hydrogens (tertiary/aromatic N) is 1. The van der Waals surface area contributed by atoms with E-state index < -0.39 is 5.56 Å². The van der Waals surface area contributed by atoms with E-state index in [4.69, 9.17) is 0 Å². The van der Waals surface area contributed by atoms with Crippen LogP contribution >= 0.6 is 0 Å². The lowest BCUT2D eigenvalue weighted by molar-refractivity contribution is -0.121. The van der Waals surface area contributed by atoms with Gasteiger partial charge in [0.25, 0.3) is 5.56 Å². The topological polar surface area (TPSA) is 68.2 Å². The van der Waals surface area contributed by atoms with Crippen LogP contribution in [0, 0.1) is 6.92 Å². The van der Waals surface area contributed by atoms with Gasteiger partial charge >= 0.3 is 0 Å². The van der Waals surface area contributed by atoms with Gasteiger partial charge in [0.05, 0.1) is 5.56 Å². The van der Waals surface area contributed by atoms with E-state index in [9.17, 15) is 14.4 Å². The molecule has 0 fully saturated rings. The molecule has 0 aliphatic rings. The Hall–Kier alpha value is -1.91. The summed E-state index contributed by atoms with van der Waals surface area (Å²) in [5.74, 6) is -0.568. The van der Waals surface area contributed by atoms with E-state index in [0.717, 1.165) is 0 Å². The number of amides is 1. The van der Waals surface area contributed by atoms with E-state index in [1.54, 1.807) is 13.0 Å². The maximum absolute atomic E-state index is 11.8. The smallest absolute Gasteiger partial charge is 0.262 e. The summed E-state index contributed by atoms with van der Waals surface area (Å²) in [6.45, 7) is 2.98. The Morgan fingerprint density at radius 2 is 2.00 bits per heavy atom. The zero-order valence-corrected chi connectivity index (χ0v) is 9.53. The molecule has 0 saturated carbocycles. The number of pyridine rings is 1. The maximum atomic E-state index is 11.8. The molecule has 0 atom stereocenters. The largest absolute Gasteiger partial charge is 0.358 e. The van der Waals surface area contributed by atoms with Gasteiger partial charge in [-0.2, -0.15) is 0 Å². The molecule has 0 unspecified atom stereocenters. The summed E-state index contributed by atoms with van der Waals surface area (Å²) in [6, 6.07) is 3.14. The predicted octanol–water partition coefficient (Wildman–Crippen LogP) is 0.105. The molecule has 1 rings (SSSR count). The zero-order valence-electron chi connectivity index (χ0n) is 9.53. The molecular weight excluding hydrogens is 208 g/mol. The standard InChI is InChI=1S/C11H14N2O3/c1-7-4-5-9(8(2)14)11(16)13(7)6-10(15)12-3/h4-5H,6H2,1-3H3,(H,12,15). The molecule has 1 aromatic rings. The number of hydrogen-bond donors (Lipinski definition) is 1. The van der Waals surface area contributed by atoms with Crippen LogP contribution in [0.1, 0.15) is 23.0 Å². The quantitative estimate of drug-likeness (QED) is 0.738. The minimum atomic E-state index is -0.420. The average molecular weight is 222 g/mol. The van der Waals surface area contributed by atoms with Crippen LogP contribution in [0.5, 0.6) is 0 Å². The summed E-state index contributed by atoms with van der Waals surface area (Å²) in [4.78, 5) is 34.2. The fraction of sp³-hybridized carbons (Fsp3) is 0.364. The van der Waals surface area contributed by atoms with E-state index in [2.05, 4.69) is 5.32 Å². The van der Waals surface area contributed by atoms with Crippen LogP contribution < -0.4 is 10.9 Å². The van der Waals surface area contributed by atoms with Gasteiger partial charge in [-0.05, 0) is 26.0 Å².